The Bertz CT molecular complexity index is 938. The molecule has 1 aliphatic carbocycles. The van der Waals surface area contributed by atoms with Gasteiger partial charge in [-0.1, -0.05) is 92.7 Å². The first-order valence-electron chi connectivity index (χ1n) is 10.2. The minimum atomic E-state index is -0.549. The van der Waals surface area contributed by atoms with Crippen LogP contribution in [0, 0.1) is 5.41 Å². The van der Waals surface area contributed by atoms with E-state index in [0.29, 0.717) is 6.42 Å². The van der Waals surface area contributed by atoms with Gasteiger partial charge in [-0.3, -0.25) is 15.1 Å². The molecule has 1 aliphatic rings. The number of carbonyl (C=O) groups excluding carboxylic acids is 1. The Balaban J connectivity index is 1.70. The zero-order valence-electron chi connectivity index (χ0n) is 16.9. The molecule has 0 radical (unpaired) electrons. The number of hydrogen-bond donors (Lipinski definition) is 1. The fraction of sp³-hybridized carbons (Fsp3) is 0.269. The predicted molar refractivity (Wildman–Crippen MR) is 117 cm³/mol. The van der Waals surface area contributed by atoms with Crippen LogP contribution in [-0.4, -0.2) is 11.9 Å². The molecule has 1 N–H and O–H groups in total. The second-order valence-electron chi connectivity index (χ2n) is 8.35. The van der Waals surface area contributed by atoms with Crippen molar-refractivity contribution in [2.45, 2.75) is 38.2 Å². The third-order valence-corrected chi connectivity index (χ3v) is 6.16. The number of hydrogen-bond acceptors (Lipinski definition) is 3. The Hall–Kier alpha value is -2.91. The molecule has 0 saturated heterocycles. The molecule has 3 aromatic carbocycles. The van der Waals surface area contributed by atoms with Crippen LogP contribution in [-0.2, 0) is 9.63 Å². The van der Waals surface area contributed by atoms with Crippen molar-refractivity contribution in [1.82, 2.24) is 0 Å². The Morgan fingerprint density at radius 3 is 1.90 bits per heavy atom. The van der Waals surface area contributed by atoms with Crippen molar-refractivity contribution in [3.8, 4) is 0 Å². The zero-order valence-corrected chi connectivity index (χ0v) is 16.9. The molecule has 0 amide bonds. The number of nitrogens with one attached hydrogen (secondary N) is 1. The summed E-state index contributed by atoms with van der Waals surface area (Å²) in [6.07, 6.45) is -0.0749. The van der Waals surface area contributed by atoms with Crippen molar-refractivity contribution in [3.05, 3.63) is 102 Å². The van der Waals surface area contributed by atoms with Gasteiger partial charge in [0.1, 0.15) is 0 Å². The summed E-state index contributed by atoms with van der Waals surface area (Å²) < 4.78 is 0. The fourth-order valence-corrected chi connectivity index (χ4v) is 4.64. The van der Waals surface area contributed by atoms with Crippen molar-refractivity contribution < 1.29 is 9.63 Å². The highest BCUT2D eigenvalue weighted by molar-refractivity contribution is 5.86. The molecule has 0 aromatic heterocycles. The summed E-state index contributed by atoms with van der Waals surface area (Å²) in [5.41, 5.74) is 6.03. The largest absolute Gasteiger partial charge is 0.297 e. The maximum Gasteiger partial charge on any atom is 0.165 e. The molecule has 1 saturated carbocycles. The third kappa shape index (κ3) is 3.96. The lowest BCUT2D eigenvalue weighted by Gasteiger charge is -2.48. The molecule has 3 aromatic rings. The van der Waals surface area contributed by atoms with Gasteiger partial charge in [-0.15, -0.1) is 0 Å². The van der Waals surface area contributed by atoms with Crippen molar-refractivity contribution >= 4 is 11.5 Å². The topological polar surface area (TPSA) is 38.3 Å². The molecule has 0 aliphatic heterocycles. The van der Waals surface area contributed by atoms with E-state index in [-0.39, 0.29) is 23.0 Å². The lowest BCUT2D eigenvalue weighted by Crippen LogP contribution is -2.48. The highest BCUT2D eigenvalue weighted by atomic mass is 16.7. The Morgan fingerprint density at radius 1 is 0.793 bits per heavy atom. The minimum Gasteiger partial charge on any atom is -0.297 e. The predicted octanol–water partition coefficient (Wildman–Crippen LogP) is 5.97. The van der Waals surface area contributed by atoms with Gasteiger partial charge in [-0.25, -0.2) is 0 Å². The van der Waals surface area contributed by atoms with Crippen LogP contribution in [0.15, 0.2) is 91.0 Å². The van der Waals surface area contributed by atoms with Crippen LogP contribution >= 0.6 is 0 Å². The molecule has 29 heavy (non-hydrogen) atoms. The number of Topliss-reactive ketones (excluding diaryl/α,β-unsaturated/α-hetero) is 1. The number of ketones is 1. The molecule has 148 valence electrons. The second kappa shape index (κ2) is 8.22. The molecular weight excluding hydrogens is 358 g/mol. The van der Waals surface area contributed by atoms with Gasteiger partial charge in [0.05, 0.1) is 5.69 Å². The number of para-hydroxylation sites is 1. The molecule has 3 atom stereocenters. The van der Waals surface area contributed by atoms with E-state index in [9.17, 15) is 4.79 Å². The van der Waals surface area contributed by atoms with Gasteiger partial charge in [0.2, 0.25) is 0 Å². The van der Waals surface area contributed by atoms with Crippen LogP contribution < -0.4 is 5.48 Å². The normalized spacial score (nSPS) is 23.5. The Morgan fingerprint density at radius 2 is 1.31 bits per heavy atom. The van der Waals surface area contributed by atoms with Gasteiger partial charge in [-0.05, 0) is 34.6 Å². The van der Waals surface area contributed by atoms with E-state index in [1.54, 1.807) is 0 Å². The monoisotopic (exact) mass is 385 g/mol. The first kappa shape index (κ1) is 19.4. The number of benzene rings is 3. The average molecular weight is 386 g/mol. The molecule has 0 unspecified atom stereocenters. The van der Waals surface area contributed by atoms with Gasteiger partial charge >= 0.3 is 0 Å². The Labute approximate surface area is 172 Å². The van der Waals surface area contributed by atoms with Crippen LogP contribution in [0.2, 0.25) is 0 Å². The summed E-state index contributed by atoms with van der Waals surface area (Å²) in [6, 6.07) is 30.4. The van der Waals surface area contributed by atoms with E-state index in [0.717, 1.165) is 11.3 Å². The lowest BCUT2D eigenvalue weighted by molar-refractivity contribution is -0.138. The quantitative estimate of drug-likeness (QED) is 0.550. The maximum absolute atomic E-state index is 13.3. The fourth-order valence-electron chi connectivity index (χ4n) is 4.64. The highest BCUT2D eigenvalue weighted by Gasteiger charge is 2.51. The summed E-state index contributed by atoms with van der Waals surface area (Å²) in [7, 11) is 0. The van der Waals surface area contributed by atoms with Gasteiger partial charge in [0.25, 0.3) is 0 Å². The van der Waals surface area contributed by atoms with E-state index in [4.69, 9.17) is 4.84 Å². The Kier molecular flexibility index (Phi) is 5.50. The van der Waals surface area contributed by atoms with E-state index in [1.165, 1.54) is 5.56 Å². The maximum atomic E-state index is 13.3. The van der Waals surface area contributed by atoms with Gasteiger partial charge in [0.15, 0.2) is 11.9 Å². The summed E-state index contributed by atoms with van der Waals surface area (Å²) in [5, 5.41) is 0. The molecule has 1 fully saturated rings. The average Bonchev–Trinajstić information content (AvgIpc) is 2.75. The summed E-state index contributed by atoms with van der Waals surface area (Å²) in [4.78, 5) is 19.4. The molecule has 3 heteroatoms. The molecule has 3 nitrogen and oxygen atoms in total. The van der Waals surface area contributed by atoms with Gasteiger partial charge < -0.3 is 0 Å². The first-order chi connectivity index (χ1) is 14.1. The van der Waals surface area contributed by atoms with Crippen LogP contribution in [0.25, 0.3) is 0 Å². The number of rotatable bonds is 5. The highest BCUT2D eigenvalue weighted by Crippen LogP contribution is 2.54. The lowest BCUT2D eigenvalue weighted by atomic mass is 9.57. The van der Waals surface area contributed by atoms with Crippen molar-refractivity contribution in [2.75, 3.05) is 5.48 Å². The molecule has 0 spiro atoms. The van der Waals surface area contributed by atoms with Crippen molar-refractivity contribution in [1.29, 1.82) is 0 Å². The SMILES string of the molecule is CC1(C)[C@@H](c2ccccc2)CC(=O)[C@H](ONc2ccccc2)[C@H]1c1ccccc1. The summed E-state index contributed by atoms with van der Waals surface area (Å²) in [6.45, 7) is 4.52. The van der Waals surface area contributed by atoms with E-state index in [2.05, 4.69) is 43.6 Å². The van der Waals surface area contributed by atoms with Crippen LogP contribution in [0.1, 0.15) is 43.2 Å². The van der Waals surface area contributed by atoms with E-state index in [1.807, 2.05) is 66.7 Å². The van der Waals surface area contributed by atoms with E-state index >= 15 is 0 Å². The van der Waals surface area contributed by atoms with Gasteiger partial charge in [-0.2, -0.15) is 0 Å². The van der Waals surface area contributed by atoms with Crippen LogP contribution in [0.4, 0.5) is 5.69 Å². The third-order valence-electron chi connectivity index (χ3n) is 6.16. The molecular formula is C26H27NO2. The van der Waals surface area contributed by atoms with Crippen molar-refractivity contribution in [2.24, 2.45) is 5.41 Å². The second-order valence-corrected chi connectivity index (χ2v) is 8.35. The van der Waals surface area contributed by atoms with Crippen molar-refractivity contribution in [3.63, 3.8) is 0 Å². The summed E-state index contributed by atoms with van der Waals surface area (Å²) >= 11 is 0. The smallest absolute Gasteiger partial charge is 0.165 e. The van der Waals surface area contributed by atoms with Crippen LogP contribution in [0.5, 0.6) is 0 Å². The minimum absolute atomic E-state index is 0.0635. The molecule has 0 heterocycles. The number of carbonyl (C=O) groups is 1. The first-order valence-corrected chi connectivity index (χ1v) is 10.2. The van der Waals surface area contributed by atoms with Gasteiger partial charge in [0, 0.05) is 12.3 Å². The number of anilines is 1. The summed E-state index contributed by atoms with van der Waals surface area (Å²) in [5.74, 6) is 0.208. The molecule has 0 bridgehead atoms. The standard InChI is InChI=1S/C26H27NO2/c1-26(2)22(19-12-6-3-7-13-19)18-23(28)25(24(26)20-14-8-4-9-15-20)29-27-21-16-10-5-11-17-21/h3-17,22,24-25,27H,18H2,1-2H3/t22-,24-,25+/m1/s1. The van der Waals surface area contributed by atoms with E-state index < -0.39 is 6.10 Å². The van der Waals surface area contributed by atoms with Crippen LogP contribution in [0.3, 0.4) is 0 Å². The zero-order chi connectivity index (χ0) is 20.3. The molecule has 4 rings (SSSR count).